The minimum absolute atomic E-state index is 0.00301. The molecule has 0 aromatic heterocycles. The molecular weight excluding hydrogens is 186 g/mol. The van der Waals surface area contributed by atoms with E-state index in [0.717, 1.165) is 6.42 Å². The Morgan fingerprint density at radius 1 is 1.50 bits per heavy atom. The van der Waals surface area contributed by atoms with Gasteiger partial charge in [0.15, 0.2) is 0 Å². The maximum absolute atomic E-state index is 13.6. The van der Waals surface area contributed by atoms with E-state index in [1.807, 2.05) is 6.92 Å². The van der Waals surface area contributed by atoms with Gasteiger partial charge < -0.3 is 5.73 Å². The number of nitrogens with two attached hydrogens (primary N) is 1. The van der Waals surface area contributed by atoms with Crippen LogP contribution in [0.1, 0.15) is 19.8 Å². The van der Waals surface area contributed by atoms with E-state index in [4.69, 9.17) is 5.73 Å². The summed E-state index contributed by atoms with van der Waals surface area (Å²) in [5.41, 5.74) is 5.50. The Morgan fingerprint density at radius 3 is 2.93 bits per heavy atom. The van der Waals surface area contributed by atoms with E-state index in [0.29, 0.717) is 12.3 Å². The molecule has 0 saturated heterocycles. The van der Waals surface area contributed by atoms with Crippen molar-refractivity contribution < 1.29 is 8.78 Å². The molecule has 0 aromatic rings. The molecule has 1 aliphatic carbocycles. The van der Waals surface area contributed by atoms with E-state index >= 15 is 0 Å². The molecule has 3 N–H and O–H groups in total. The van der Waals surface area contributed by atoms with Gasteiger partial charge in [-0.15, -0.1) is 0 Å². The molecule has 0 radical (unpaired) electrons. The molecule has 80 valence electrons. The molecule has 4 heteroatoms. The number of halogens is 2. The molecule has 1 aliphatic heterocycles. The third-order valence-corrected chi connectivity index (χ3v) is 3.21. The van der Waals surface area contributed by atoms with Crippen LogP contribution in [0.15, 0.2) is 11.9 Å². The van der Waals surface area contributed by atoms with E-state index in [1.54, 1.807) is 0 Å². The van der Waals surface area contributed by atoms with Gasteiger partial charge in [-0.3, -0.25) is 5.32 Å². The largest absolute Gasteiger partial charge is 0.310 e. The molecule has 1 heterocycles. The second-order valence-electron chi connectivity index (χ2n) is 4.47. The summed E-state index contributed by atoms with van der Waals surface area (Å²) in [6.45, 7) is 2.02. The van der Waals surface area contributed by atoms with Gasteiger partial charge in [0.2, 0.25) is 0 Å². The number of hydrogen-bond acceptors (Lipinski definition) is 2. The Balaban J connectivity index is 2.18. The zero-order valence-corrected chi connectivity index (χ0v) is 8.21. The zero-order valence-electron chi connectivity index (χ0n) is 8.21. The van der Waals surface area contributed by atoms with Gasteiger partial charge in [0.25, 0.3) is 0 Å². The van der Waals surface area contributed by atoms with Gasteiger partial charge in [-0.2, -0.15) is 0 Å². The predicted molar refractivity (Wildman–Crippen MR) is 50.9 cm³/mol. The average molecular weight is 202 g/mol. The first-order chi connectivity index (χ1) is 6.58. The minimum Gasteiger partial charge on any atom is -0.310 e. The topological polar surface area (TPSA) is 38.0 Å². The summed E-state index contributed by atoms with van der Waals surface area (Å²) in [5, 5.41) is 2.92. The molecule has 2 rings (SSSR count). The van der Waals surface area contributed by atoms with E-state index < -0.39 is 18.2 Å². The average Bonchev–Trinajstić information content (AvgIpc) is 2.08. The lowest BCUT2D eigenvalue weighted by Crippen LogP contribution is -2.55. The molecule has 2 nitrogen and oxygen atoms in total. The first-order valence-corrected chi connectivity index (χ1v) is 5.11. The molecule has 3 unspecified atom stereocenters. The van der Waals surface area contributed by atoms with Crippen LogP contribution in [0.2, 0.25) is 0 Å². The molecule has 0 bridgehead atoms. The Hall–Kier alpha value is -0.480. The third-order valence-electron chi connectivity index (χ3n) is 3.21. The molecule has 1 fully saturated rings. The summed E-state index contributed by atoms with van der Waals surface area (Å²) in [6, 6.07) is 0.00301. The van der Waals surface area contributed by atoms with Crippen LogP contribution in [-0.2, 0) is 0 Å². The van der Waals surface area contributed by atoms with Crippen LogP contribution in [0.3, 0.4) is 0 Å². The van der Waals surface area contributed by atoms with Crippen LogP contribution in [0.25, 0.3) is 0 Å². The fraction of sp³-hybridized carbons (Fsp3) is 0.800. The highest BCUT2D eigenvalue weighted by atomic mass is 19.1. The van der Waals surface area contributed by atoms with Gasteiger partial charge in [-0.25, -0.2) is 8.78 Å². The summed E-state index contributed by atoms with van der Waals surface area (Å²) in [7, 11) is 0. The predicted octanol–water partition coefficient (Wildman–Crippen LogP) is 1.48. The highest BCUT2D eigenvalue weighted by Gasteiger charge is 2.39. The van der Waals surface area contributed by atoms with Crippen LogP contribution >= 0.6 is 0 Å². The van der Waals surface area contributed by atoms with Gasteiger partial charge in [0, 0.05) is 12.0 Å². The Kier molecular flexibility index (Phi) is 2.58. The van der Waals surface area contributed by atoms with E-state index in [2.05, 4.69) is 5.32 Å². The quantitative estimate of drug-likeness (QED) is 0.624. The zero-order chi connectivity index (χ0) is 10.3. The first kappa shape index (κ1) is 10.1. The lowest BCUT2D eigenvalue weighted by Gasteiger charge is -2.40. The summed E-state index contributed by atoms with van der Waals surface area (Å²) >= 11 is 0. The van der Waals surface area contributed by atoms with Crippen LogP contribution < -0.4 is 11.1 Å². The Bertz CT molecular complexity index is 255. The molecular formula is C10H16F2N2. The van der Waals surface area contributed by atoms with Crippen molar-refractivity contribution in [2.24, 2.45) is 17.6 Å². The number of hydrogen-bond donors (Lipinski definition) is 2. The smallest absolute Gasteiger partial charge is 0.128 e. The summed E-state index contributed by atoms with van der Waals surface area (Å²) in [6.07, 6.45) is 1.09. The second kappa shape index (κ2) is 3.59. The maximum atomic E-state index is 13.6. The normalized spacial score (nSPS) is 48.3. The fourth-order valence-corrected chi connectivity index (χ4v) is 2.48. The third kappa shape index (κ3) is 1.68. The number of rotatable bonds is 0. The van der Waals surface area contributed by atoms with E-state index in [-0.39, 0.29) is 12.0 Å². The van der Waals surface area contributed by atoms with Crippen molar-refractivity contribution in [3.8, 4) is 0 Å². The molecule has 0 spiro atoms. The molecule has 1 saturated carbocycles. The van der Waals surface area contributed by atoms with Crippen LogP contribution in [0.5, 0.6) is 0 Å². The van der Waals surface area contributed by atoms with Crippen molar-refractivity contribution in [1.82, 2.24) is 5.32 Å². The van der Waals surface area contributed by atoms with Crippen molar-refractivity contribution in [2.75, 3.05) is 0 Å². The van der Waals surface area contributed by atoms with Gasteiger partial charge in [0.05, 0.1) is 0 Å². The maximum Gasteiger partial charge on any atom is 0.128 e. The van der Waals surface area contributed by atoms with Crippen molar-refractivity contribution >= 4 is 0 Å². The van der Waals surface area contributed by atoms with Crippen molar-refractivity contribution in [3.05, 3.63) is 11.9 Å². The molecule has 0 amide bonds. The van der Waals surface area contributed by atoms with Crippen molar-refractivity contribution in [3.63, 3.8) is 0 Å². The molecule has 2 aliphatic rings. The van der Waals surface area contributed by atoms with Crippen molar-refractivity contribution in [2.45, 2.75) is 38.1 Å². The van der Waals surface area contributed by atoms with Gasteiger partial charge in [0.1, 0.15) is 18.2 Å². The van der Waals surface area contributed by atoms with E-state index in [9.17, 15) is 8.78 Å². The van der Waals surface area contributed by atoms with E-state index in [1.165, 1.54) is 6.08 Å². The Morgan fingerprint density at radius 2 is 2.21 bits per heavy atom. The monoisotopic (exact) mass is 202 g/mol. The summed E-state index contributed by atoms with van der Waals surface area (Å²) < 4.78 is 26.7. The van der Waals surface area contributed by atoms with Gasteiger partial charge >= 0.3 is 0 Å². The molecule has 14 heavy (non-hydrogen) atoms. The summed E-state index contributed by atoms with van der Waals surface area (Å²) in [5.74, 6) is -0.407. The highest BCUT2D eigenvalue weighted by Crippen LogP contribution is 2.35. The standard InChI is InChI=1S/C10H16F2N2/c1-5-2-7(11)6-4-8(12)10(13)14-9(6)3-5/h4-7,9-10,14H,2-3,13H2,1H3/t5-,6?,7?,9?,10-/m1/s1. The molecule has 5 atom stereocenters. The number of fused-ring (bicyclic) bond motifs is 1. The van der Waals surface area contributed by atoms with Crippen molar-refractivity contribution in [1.29, 1.82) is 0 Å². The highest BCUT2D eigenvalue weighted by molar-refractivity contribution is 5.14. The van der Waals surface area contributed by atoms with Crippen LogP contribution in [0, 0.1) is 11.8 Å². The minimum atomic E-state index is -0.936. The lowest BCUT2D eigenvalue weighted by molar-refractivity contribution is 0.108. The molecule has 0 aromatic carbocycles. The van der Waals surface area contributed by atoms with Gasteiger partial charge in [-0.05, 0) is 24.8 Å². The number of nitrogens with one attached hydrogen (secondary N) is 1. The van der Waals surface area contributed by atoms with Crippen LogP contribution in [-0.4, -0.2) is 18.4 Å². The first-order valence-electron chi connectivity index (χ1n) is 5.11. The SMILES string of the molecule is C[C@@H]1CC(F)C2C=C(F)[C@H](N)NC2C1. The van der Waals surface area contributed by atoms with Gasteiger partial charge in [-0.1, -0.05) is 6.92 Å². The fourth-order valence-electron chi connectivity index (χ4n) is 2.48. The summed E-state index contributed by atoms with van der Waals surface area (Å²) in [4.78, 5) is 0. The lowest BCUT2D eigenvalue weighted by atomic mass is 9.76. The number of alkyl halides is 1. The van der Waals surface area contributed by atoms with Crippen LogP contribution in [0.4, 0.5) is 8.78 Å². The second-order valence-corrected chi connectivity index (χ2v) is 4.47. The Labute approximate surface area is 82.5 Å².